The van der Waals surface area contributed by atoms with Crippen LogP contribution >= 0.6 is 0 Å². The molecule has 120 valence electrons. The molecule has 6 nitrogen and oxygen atoms in total. The van der Waals surface area contributed by atoms with Crippen LogP contribution in [0.4, 0.5) is 0 Å². The number of H-pyrrole nitrogens is 1. The molecule has 1 aromatic heterocycles. The lowest BCUT2D eigenvalue weighted by Gasteiger charge is -2.06. The zero-order valence-corrected chi connectivity index (χ0v) is 13.6. The molecule has 0 aliphatic carbocycles. The van der Waals surface area contributed by atoms with Crippen molar-refractivity contribution < 1.29 is 13.2 Å². The SMILES string of the molecule is Cc1cccc2[nH]cc(CC(=O)NCCCNS(C)(=O)=O)c12. The van der Waals surface area contributed by atoms with Crippen molar-refractivity contribution in [2.45, 2.75) is 19.8 Å². The number of aromatic amines is 1. The molecule has 0 spiro atoms. The molecule has 0 aliphatic heterocycles. The molecule has 1 heterocycles. The van der Waals surface area contributed by atoms with E-state index < -0.39 is 10.0 Å². The summed E-state index contributed by atoms with van der Waals surface area (Å²) in [5.74, 6) is -0.0662. The van der Waals surface area contributed by atoms with Gasteiger partial charge in [0.2, 0.25) is 15.9 Å². The van der Waals surface area contributed by atoms with Crippen molar-refractivity contribution in [2.24, 2.45) is 0 Å². The zero-order valence-electron chi connectivity index (χ0n) is 12.8. The highest BCUT2D eigenvalue weighted by Gasteiger charge is 2.10. The van der Waals surface area contributed by atoms with E-state index >= 15 is 0 Å². The molecule has 1 aromatic carbocycles. The average molecular weight is 323 g/mol. The Balaban J connectivity index is 1.84. The fourth-order valence-electron chi connectivity index (χ4n) is 2.40. The van der Waals surface area contributed by atoms with Gasteiger partial charge in [0.25, 0.3) is 0 Å². The van der Waals surface area contributed by atoms with Gasteiger partial charge in [0.1, 0.15) is 0 Å². The number of benzene rings is 1. The van der Waals surface area contributed by atoms with Gasteiger partial charge < -0.3 is 10.3 Å². The maximum Gasteiger partial charge on any atom is 0.224 e. The highest BCUT2D eigenvalue weighted by molar-refractivity contribution is 7.88. The number of carbonyl (C=O) groups is 1. The molecular formula is C15H21N3O3S. The molecule has 0 atom stereocenters. The van der Waals surface area contributed by atoms with Crippen LogP contribution < -0.4 is 10.0 Å². The van der Waals surface area contributed by atoms with Crippen LogP contribution in [0, 0.1) is 6.92 Å². The Kier molecular flexibility index (Phi) is 5.20. The fraction of sp³-hybridized carbons (Fsp3) is 0.400. The van der Waals surface area contributed by atoms with E-state index in [-0.39, 0.29) is 5.91 Å². The Bertz CT molecular complexity index is 765. The van der Waals surface area contributed by atoms with Crippen LogP contribution in [-0.2, 0) is 21.2 Å². The Labute approximate surface area is 130 Å². The predicted molar refractivity (Wildman–Crippen MR) is 87.2 cm³/mol. The van der Waals surface area contributed by atoms with Gasteiger partial charge in [-0.2, -0.15) is 0 Å². The second-order valence-corrected chi connectivity index (χ2v) is 7.19. The van der Waals surface area contributed by atoms with Gasteiger partial charge in [-0.05, 0) is 30.5 Å². The highest BCUT2D eigenvalue weighted by Crippen LogP contribution is 2.22. The molecule has 0 saturated heterocycles. The maximum absolute atomic E-state index is 12.0. The summed E-state index contributed by atoms with van der Waals surface area (Å²) in [7, 11) is -3.16. The molecule has 0 unspecified atom stereocenters. The van der Waals surface area contributed by atoms with Gasteiger partial charge in [-0.15, -0.1) is 0 Å². The minimum atomic E-state index is -3.16. The number of nitrogens with one attached hydrogen (secondary N) is 3. The first-order chi connectivity index (χ1) is 10.4. The van der Waals surface area contributed by atoms with Crippen LogP contribution in [-0.4, -0.2) is 38.7 Å². The summed E-state index contributed by atoms with van der Waals surface area (Å²) in [6.07, 6.45) is 3.85. The lowest BCUT2D eigenvalue weighted by atomic mass is 10.1. The first kappa shape index (κ1) is 16.5. The summed E-state index contributed by atoms with van der Waals surface area (Å²) in [5.41, 5.74) is 3.14. The molecule has 0 bridgehead atoms. The third-order valence-electron chi connectivity index (χ3n) is 3.39. The predicted octanol–water partition coefficient (Wildman–Crippen LogP) is 1.07. The number of amides is 1. The summed E-state index contributed by atoms with van der Waals surface area (Å²) in [6, 6.07) is 5.99. The van der Waals surface area contributed by atoms with Gasteiger partial charge in [0.15, 0.2) is 0 Å². The first-order valence-corrected chi connectivity index (χ1v) is 9.03. The van der Waals surface area contributed by atoms with Crippen molar-refractivity contribution in [3.8, 4) is 0 Å². The number of hydrogen-bond donors (Lipinski definition) is 3. The summed E-state index contributed by atoms with van der Waals surface area (Å²) in [4.78, 5) is 15.1. The van der Waals surface area contributed by atoms with E-state index in [1.165, 1.54) is 0 Å². The Morgan fingerprint density at radius 2 is 2.05 bits per heavy atom. The topological polar surface area (TPSA) is 91.1 Å². The monoisotopic (exact) mass is 323 g/mol. The second-order valence-electron chi connectivity index (χ2n) is 5.36. The molecule has 3 N–H and O–H groups in total. The normalized spacial score (nSPS) is 11.7. The molecule has 0 aliphatic rings. The van der Waals surface area contributed by atoms with Gasteiger partial charge in [-0.25, -0.2) is 13.1 Å². The van der Waals surface area contributed by atoms with Crippen molar-refractivity contribution in [3.05, 3.63) is 35.5 Å². The smallest absolute Gasteiger partial charge is 0.224 e. The van der Waals surface area contributed by atoms with E-state index in [2.05, 4.69) is 15.0 Å². The van der Waals surface area contributed by atoms with Crippen LogP contribution in [0.15, 0.2) is 24.4 Å². The lowest BCUT2D eigenvalue weighted by Crippen LogP contribution is -2.30. The summed E-state index contributed by atoms with van der Waals surface area (Å²) < 4.78 is 24.2. The number of rotatable bonds is 7. The fourth-order valence-corrected chi connectivity index (χ4v) is 2.92. The molecule has 2 rings (SSSR count). The molecule has 0 radical (unpaired) electrons. The number of sulfonamides is 1. The van der Waals surface area contributed by atoms with Crippen molar-refractivity contribution in [3.63, 3.8) is 0 Å². The Hall–Kier alpha value is -1.86. The maximum atomic E-state index is 12.0. The van der Waals surface area contributed by atoms with E-state index in [1.807, 2.05) is 31.3 Å². The van der Waals surface area contributed by atoms with Crippen LogP contribution in [0.1, 0.15) is 17.5 Å². The Morgan fingerprint density at radius 3 is 2.77 bits per heavy atom. The standard InChI is InChI=1S/C15H21N3O3S/c1-11-5-3-6-13-15(11)12(10-17-13)9-14(19)16-7-4-8-18-22(2,20)21/h3,5-6,10,17-18H,4,7-9H2,1-2H3,(H,16,19). The molecule has 0 saturated carbocycles. The van der Waals surface area contributed by atoms with Crippen molar-refractivity contribution >= 4 is 26.8 Å². The van der Waals surface area contributed by atoms with E-state index in [1.54, 1.807) is 0 Å². The van der Waals surface area contributed by atoms with Gasteiger partial charge in [0, 0.05) is 30.2 Å². The Morgan fingerprint density at radius 1 is 1.27 bits per heavy atom. The number of carbonyl (C=O) groups excluding carboxylic acids is 1. The minimum absolute atomic E-state index is 0.0662. The summed E-state index contributed by atoms with van der Waals surface area (Å²) in [5, 5.41) is 3.90. The lowest BCUT2D eigenvalue weighted by molar-refractivity contribution is -0.120. The summed E-state index contributed by atoms with van der Waals surface area (Å²) >= 11 is 0. The number of hydrogen-bond acceptors (Lipinski definition) is 3. The van der Waals surface area contributed by atoms with E-state index in [4.69, 9.17) is 0 Å². The van der Waals surface area contributed by atoms with Gasteiger partial charge in [-0.3, -0.25) is 4.79 Å². The third-order valence-corrected chi connectivity index (χ3v) is 4.12. The van der Waals surface area contributed by atoms with Gasteiger partial charge in [0.05, 0.1) is 12.7 Å². The van der Waals surface area contributed by atoms with Gasteiger partial charge >= 0.3 is 0 Å². The van der Waals surface area contributed by atoms with Crippen molar-refractivity contribution in [2.75, 3.05) is 19.3 Å². The average Bonchev–Trinajstić information content (AvgIpc) is 2.81. The second kappa shape index (κ2) is 6.93. The number of fused-ring (bicyclic) bond motifs is 1. The van der Waals surface area contributed by atoms with Crippen LogP contribution in [0.25, 0.3) is 10.9 Å². The molecule has 22 heavy (non-hydrogen) atoms. The zero-order chi connectivity index (χ0) is 16.2. The molecule has 7 heteroatoms. The number of aromatic nitrogens is 1. The van der Waals surface area contributed by atoms with Crippen molar-refractivity contribution in [1.29, 1.82) is 0 Å². The number of aryl methyl sites for hydroxylation is 1. The van der Waals surface area contributed by atoms with Crippen LogP contribution in [0.3, 0.4) is 0 Å². The molecule has 2 aromatic rings. The van der Waals surface area contributed by atoms with Gasteiger partial charge in [-0.1, -0.05) is 12.1 Å². The minimum Gasteiger partial charge on any atom is -0.361 e. The quantitative estimate of drug-likeness (QED) is 0.666. The van der Waals surface area contributed by atoms with Crippen LogP contribution in [0.5, 0.6) is 0 Å². The highest BCUT2D eigenvalue weighted by atomic mass is 32.2. The third kappa shape index (κ3) is 4.57. The molecule has 0 fully saturated rings. The van der Waals surface area contributed by atoms with Crippen molar-refractivity contribution in [1.82, 2.24) is 15.0 Å². The molecule has 1 amide bonds. The van der Waals surface area contributed by atoms with Crippen LogP contribution in [0.2, 0.25) is 0 Å². The first-order valence-electron chi connectivity index (χ1n) is 7.14. The van der Waals surface area contributed by atoms with E-state index in [0.29, 0.717) is 25.9 Å². The van der Waals surface area contributed by atoms with E-state index in [9.17, 15) is 13.2 Å². The largest absolute Gasteiger partial charge is 0.361 e. The van der Waals surface area contributed by atoms with E-state index in [0.717, 1.165) is 28.3 Å². The summed E-state index contributed by atoms with van der Waals surface area (Å²) in [6.45, 7) is 2.79. The molecular weight excluding hydrogens is 302 g/mol.